The van der Waals surface area contributed by atoms with E-state index in [1.165, 1.54) is 32.1 Å². The van der Waals surface area contributed by atoms with E-state index < -0.39 is 0 Å². The predicted octanol–water partition coefficient (Wildman–Crippen LogP) is 2.43. The Kier molecular flexibility index (Phi) is 4.34. The minimum atomic E-state index is 0.378. The minimum absolute atomic E-state index is 0.378. The van der Waals surface area contributed by atoms with Gasteiger partial charge in [-0.05, 0) is 31.7 Å². The van der Waals surface area contributed by atoms with Gasteiger partial charge in [0, 0.05) is 0 Å². The molecule has 2 N–H and O–H groups in total. The molecule has 0 radical (unpaired) electrons. The van der Waals surface area contributed by atoms with Gasteiger partial charge in [-0.1, -0.05) is 26.2 Å². The predicted molar refractivity (Wildman–Crippen MR) is 64.0 cm³/mol. The first-order valence-electron chi connectivity index (χ1n) is 6.50. The molecule has 90 valence electrons. The van der Waals surface area contributed by atoms with Crippen molar-refractivity contribution in [2.75, 3.05) is 6.54 Å². The summed E-state index contributed by atoms with van der Waals surface area (Å²) in [6, 6.07) is 0.378. The van der Waals surface area contributed by atoms with Gasteiger partial charge in [0.2, 0.25) is 0 Å². The molecule has 16 heavy (non-hydrogen) atoms. The van der Waals surface area contributed by atoms with E-state index in [4.69, 9.17) is 0 Å². The van der Waals surface area contributed by atoms with E-state index in [9.17, 15) is 0 Å². The second kappa shape index (κ2) is 5.99. The minimum Gasteiger partial charge on any atom is -0.307 e. The van der Waals surface area contributed by atoms with Gasteiger partial charge >= 0.3 is 0 Å². The van der Waals surface area contributed by atoms with Crippen LogP contribution in [-0.4, -0.2) is 21.7 Å². The number of rotatable bonds is 5. The highest BCUT2D eigenvalue weighted by molar-refractivity contribution is 4.95. The van der Waals surface area contributed by atoms with Crippen molar-refractivity contribution in [2.24, 2.45) is 5.92 Å². The van der Waals surface area contributed by atoms with Gasteiger partial charge in [0.05, 0.1) is 6.04 Å². The fourth-order valence-electron chi connectivity index (χ4n) is 2.62. The third-order valence-corrected chi connectivity index (χ3v) is 3.46. The van der Waals surface area contributed by atoms with Gasteiger partial charge in [0.25, 0.3) is 0 Å². The quantitative estimate of drug-likeness (QED) is 0.804. The average molecular weight is 222 g/mol. The van der Waals surface area contributed by atoms with E-state index in [2.05, 4.69) is 27.4 Å². The highest BCUT2D eigenvalue weighted by Crippen LogP contribution is 2.32. The standard InChI is InChI=1S/C12H22N4/c1-2-8-13-11(12-14-9-15-16-12)10-6-4-3-5-7-10/h9-11,13H,2-8H2,1H3,(H,14,15,16). The maximum atomic E-state index is 4.32. The second-order valence-corrected chi connectivity index (χ2v) is 4.70. The summed E-state index contributed by atoms with van der Waals surface area (Å²) in [4.78, 5) is 4.32. The van der Waals surface area contributed by atoms with Crippen LogP contribution < -0.4 is 5.32 Å². The molecule has 0 spiro atoms. The van der Waals surface area contributed by atoms with Crippen LogP contribution in [0.4, 0.5) is 0 Å². The zero-order valence-electron chi connectivity index (χ0n) is 10.1. The monoisotopic (exact) mass is 222 g/mol. The molecule has 0 bridgehead atoms. The lowest BCUT2D eigenvalue weighted by atomic mass is 9.83. The van der Waals surface area contributed by atoms with Gasteiger partial charge in [0.1, 0.15) is 12.2 Å². The lowest BCUT2D eigenvalue weighted by Gasteiger charge is -2.29. The molecular formula is C12H22N4. The maximum absolute atomic E-state index is 4.32. The van der Waals surface area contributed by atoms with Crippen molar-refractivity contribution in [3.8, 4) is 0 Å². The van der Waals surface area contributed by atoms with Crippen LogP contribution in [0.1, 0.15) is 57.3 Å². The van der Waals surface area contributed by atoms with E-state index in [1.807, 2.05) is 0 Å². The van der Waals surface area contributed by atoms with Crippen LogP contribution in [0.25, 0.3) is 0 Å². The molecule has 1 aliphatic carbocycles. The van der Waals surface area contributed by atoms with E-state index in [1.54, 1.807) is 6.33 Å². The fourth-order valence-corrected chi connectivity index (χ4v) is 2.62. The normalized spacial score (nSPS) is 19.8. The molecule has 1 saturated carbocycles. The summed E-state index contributed by atoms with van der Waals surface area (Å²) in [5.41, 5.74) is 0. The summed E-state index contributed by atoms with van der Waals surface area (Å²) in [5, 5.41) is 10.6. The summed E-state index contributed by atoms with van der Waals surface area (Å²) in [6.45, 7) is 3.26. The SMILES string of the molecule is CCCNC(c1ncn[nH]1)C1CCCCC1. The lowest BCUT2D eigenvalue weighted by molar-refractivity contribution is 0.264. The van der Waals surface area contributed by atoms with Gasteiger partial charge in [-0.25, -0.2) is 4.98 Å². The molecule has 4 nitrogen and oxygen atoms in total. The molecular weight excluding hydrogens is 200 g/mol. The van der Waals surface area contributed by atoms with Crippen molar-refractivity contribution in [3.63, 3.8) is 0 Å². The molecule has 0 saturated heterocycles. The Morgan fingerprint density at radius 3 is 2.88 bits per heavy atom. The first-order chi connectivity index (χ1) is 7.92. The number of hydrogen-bond donors (Lipinski definition) is 2. The Labute approximate surface area is 97.2 Å². The Balaban J connectivity index is 2.01. The third-order valence-electron chi connectivity index (χ3n) is 3.46. The number of aromatic amines is 1. The molecule has 1 atom stereocenters. The number of H-pyrrole nitrogens is 1. The topological polar surface area (TPSA) is 53.6 Å². The molecule has 1 aromatic heterocycles. The average Bonchev–Trinajstić information content (AvgIpc) is 2.85. The molecule has 2 rings (SSSR count). The van der Waals surface area contributed by atoms with Crippen molar-refractivity contribution >= 4 is 0 Å². The molecule has 0 aromatic carbocycles. The second-order valence-electron chi connectivity index (χ2n) is 4.70. The molecule has 1 aromatic rings. The number of aromatic nitrogens is 3. The largest absolute Gasteiger partial charge is 0.307 e. The van der Waals surface area contributed by atoms with Gasteiger partial charge in [-0.2, -0.15) is 5.10 Å². The van der Waals surface area contributed by atoms with Crippen LogP contribution in [0.3, 0.4) is 0 Å². The van der Waals surface area contributed by atoms with Crippen molar-refractivity contribution in [1.29, 1.82) is 0 Å². The van der Waals surface area contributed by atoms with Gasteiger partial charge in [0.15, 0.2) is 0 Å². The summed E-state index contributed by atoms with van der Waals surface area (Å²) < 4.78 is 0. The zero-order chi connectivity index (χ0) is 11.2. The van der Waals surface area contributed by atoms with Crippen molar-refractivity contribution in [2.45, 2.75) is 51.5 Å². The van der Waals surface area contributed by atoms with Crippen LogP contribution in [0.15, 0.2) is 6.33 Å². The van der Waals surface area contributed by atoms with E-state index >= 15 is 0 Å². The third kappa shape index (κ3) is 2.82. The summed E-state index contributed by atoms with van der Waals surface area (Å²) in [5.74, 6) is 1.74. The highest BCUT2D eigenvalue weighted by atomic mass is 15.2. The van der Waals surface area contributed by atoms with Gasteiger partial charge in [-0.3, -0.25) is 5.10 Å². The van der Waals surface area contributed by atoms with Crippen LogP contribution in [0.2, 0.25) is 0 Å². The Hall–Kier alpha value is -0.900. The molecule has 0 aliphatic heterocycles. The smallest absolute Gasteiger partial charge is 0.141 e. The first kappa shape index (κ1) is 11.6. The van der Waals surface area contributed by atoms with Crippen LogP contribution >= 0.6 is 0 Å². The Morgan fingerprint density at radius 2 is 2.25 bits per heavy atom. The summed E-state index contributed by atoms with van der Waals surface area (Å²) in [6.07, 6.45) is 9.54. The van der Waals surface area contributed by atoms with E-state index in [0.29, 0.717) is 6.04 Å². The van der Waals surface area contributed by atoms with Crippen molar-refractivity contribution < 1.29 is 0 Å². The molecule has 1 unspecified atom stereocenters. The fraction of sp³-hybridized carbons (Fsp3) is 0.833. The number of hydrogen-bond acceptors (Lipinski definition) is 3. The first-order valence-corrected chi connectivity index (χ1v) is 6.50. The molecule has 1 heterocycles. The van der Waals surface area contributed by atoms with Gasteiger partial charge < -0.3 is 5.32 Å². The Morgan fingerprint density at radius 1 is 1.44 bits per heavy atom. The summed E-state index contributed by atoms with van der Waals surface area (Å²) >= 11 is 0. The van der Waals surface area contributed by atoms with E-state index in [0.717, 1.165) is 24.7 Å². The van der Waals surface area contributed by atoms with Crippen molar-refractivity contribution in [3.05, 3.63) is 12.2 Å². The number of nitrogens with one attached hydrogen (secondary N) is 2. The van der Waals surface area contributed by atoms with E-state index in [-0.39, 0.29) is 0 Å². The molecule has 1 aliphatic rings. The molecule has 0 amide bonds. The summed E-state index contributed by atoms with van der Waals surface area (Å²) in [7, 11) is 0. The van der Waals surface area contributed by atoms with Crippen LogP contribution in [-0.2, 0) is 0 Å². The van der Waals surface area contributed by atoms with Crippen molar-refractivity contribution in [1.82, 2.24) is 20.5 Å². The van der Waals surface area contributed by atoms with Crippen LogP contribution in [0.5, 0.6) is 0 Å². The van der Waals surface area contributed by atoms with Gasteiger partial charge in [-0.15, -0.1) is 0 Å². The molecule has 4 heteroatoms. The number of nitrogens with zero attached hydrogens (tertiary/aromatic N) is 2. The Bertz CT molecular complexity index is 277. The molecule has 1 fully saturated rings. The van der Waals surface area contributed by atoms with Crippen LogP contribution in [0, 0.1) is 5.92 Å². The zero-order valence-corrected chi connectivity index (χ0v) is 10.1. The maximum Gasteiger partial charge on any atom is 0.141 e. The highest BCUT2D eigenvalue weighted by Gasteiger charge is 2.26. The lowest BCUT2D eigenvalue weighted by Crippen LogP contribution is -2.31.